The highest BCUT2D eigenvalue weighted by atomic mass is 16.2. The fourth-order valence-corrected chi connectivity index (χ4v) is 2.39. The van der Waals surface area contributed by atoms with Crippen LogP contribution in [0.1, 0.15) is 32.6 Å². The Bertz CT molecular complexity index is 302. The van der Waals surface area contributed by atoms with Gasteiger partial charge in [-0.1, -0.05) is 6.42 Å². The van der Waals surface area contributed by atoms with Crippen LogP contribution in [0.3, 0.4) is 0 Å². The summed E-state index contributed by atoms with van der Waals surface area (Å²) >= 11 is 0. The summed E-state index contributed by atoms with van der Waals surface area (Å²) in [7, 11) is 0. The second kappa shape index (κ2) is 5.38. The maximum Gasteiger partial charge on any atom is 0.315 e. The summed E-state index contributed by atoms with van der Waals surface area (Å²) in [5, 5.41) is 5.60. The lowest BCUT2D eigenvalue weighted by Crippen LogP contribution is -2.44. The zero-order valence-corrected chi connectivity index (χ0v) is 10.4. The van der Waals surface area contributed by atoms with Gasteiger partial charge < -0.3 is 15.5 Å². The SMILES string of the molecule is CCNC(=O)NC1CCN(C(=O)C2CCC2)C1. The number of carbonyl (C=O) groups is 2. The summed E-state index contributed by atoms with van der Waals surface area (Å²) in [5.41, 5.74) is 0. The lowest BCUT2D eigenvalue weighted by molar-refractivity contribution is -0.137. The van der Waals surface area contributed by atoms with Gasteiger partial charge in [0.15, 0.2) is 0 Å². The van der Waals surface area contributed by atoms with E-state index in [-0.39, 0.29) is 23.9 Å². The van der Waals surface area contributed by atoms with Crippen LogP contribution >= 0.6 is 0 Å². The third-order valence-corrected chi connectivity index (χ3v) is 3.63. The van der Waals surface area contributed by atoms with Gasteiger partial charge in [0.05, 0.1) is 0 Å². The molecule has 0 bridgehead atoms. The summed E-state index contributed by atoms with van der Waals surface area (Å²) in [6, 6.07) is -0.0129. The first-order chi connectivity index (χ1) is 8.20. The minimum atomic E-state index is -0.129. The molecule has 1 unspecified atom stereocenters. The number of urea groups is 1. The Morgan fingerprint density at radius 2 is 2.06 bits per heavy atom. The Balaban J connectivity index is 1.74. The van der Waals surface area contributed by atoms with Gasteiger partial charge in [-0.15, -0.1) is 0 Å². The number of hydrogen-bond donors (Lipinski definition) is 2. The zero-order chi connectivity index (χ0) is 12.3. The van der Waals surface area contributed by atoms with E-state index in [1.165, 1.54) is 6.42 Å². The number of likely N-dealkylation sites (tertiary alicyclic amines) is 1. The molecule has 0 radical (unpaired) electrons. The molecule has 1 saturated heterocycles. The van der Waals surface area contributed by atoms with Crippen LogP contribution in [0, 0.1) is 5.92 Å². The van der Waals surface area contributed by atoms with Crippen molar-refractivity contribution in [2.24, 2.45) is 5.92 Å². The maximum atomic E-state index is 12.0. The lowest BCUT2D eigenvalue weighted by atomic mass is 9.84. The van der Waals surface area contributed by atoms with E-state index in [9.17, 15) is 9.59 Å². The summed E-state index contributed by atoms with van der Waals surface area (Å²) in [6.07, 6.45) is 4.15. The average Bonchev–Trinajstić information content (AvgIpc) is 2.63. The van der Waals surface area contributed by atoms with Crippen LogP contribution < -0.4 is 10.6 Å². The van der Waals surface area contributed by atoms with Gasteiger partial charge in [-0.2, -0.15) is 0 Å². The Hall–Kier alpha value is -1.26. The third kappa shape index (κ3) is 2.90. The predicted molar refractivity (Wildman–Crippen MR) is 64.5 cm³/mol. The molecule has 1 aliphatic heterocycles. The van der Waals surface area contributed by atoms with Crippen LogP contribution in [-0.4, -0.2) is 42.5 Å². The van der Waals surface area contributed by atoms with Crippen LogP contribution in [-0.2, 0) is 4.79 Å². The topological polar surface area (TPSA) is 61.4 Å². The van der Waals surface area contributed by atoms with Gasteiger partial charge in [-0.3, -0.25) is 4.79 Å². The maximum absolute atomic E-state index is 12.0. The number of hydrogen-bond acceptors (Lipinski definition) is 2. The Labute approximate surface area is 102 Å². The van der Waals surface area contributed by atoms with E-state index in [2.05, 4.69) is 10.6 Å². The van der Waals surface area contributed by atoms with Crippen molar-refractivity contribution in [2.45, 2.75) is 38.6 Å². The van der Waals surface area contributed by atoms with E-state index >= 15 is 0 Å². The first-order valence-electron chi connectivity index (χ1n) is 6.54. The van der Waals surface area contributed by atoms with Gasteiger partial charge in [0, 0.05) is 31.6 Å². The van der Waals surface area contributed by atoms with Crippen molar-refractivity contribution in [1.29, 1.82) is 0 Å². The van der Waals surface area contributed by atoms with E-state index < -0.39 is 0 Å². The molecule has 0 spiro atoms. The molecule has 1 aliphatic carbocycles. The van der Waals surface area contributed by atoms with Crippen molar-refractivity contribution in [3.05, 3.63) is 0 Å². The molecule has 3 amide bonds. The second-order valence-corrected chi connectivity index (χ2v) is 4.90. The number of nitrogens with zero attached hydrogens (tertiary/aromatic N) is 1. The number of rotatable bonds is 3. The molecule has 1 atom stereocenters. The van der Waals surface area contributed by atoms with E-state index in [1.807, 2.05) is 11.8 Å². The van der Waals surface area contributed by atoms with E-state index in [1.54, 1.807) is 0 Å². The Morgan fingerprint density at radius 1 is 1.29 bits per heavy atom. The molecule has 2 N–H and O–H groups in total. The second-order valence-electron chi connectivity index (χ2n) is 4.90. The summed E-state index contributed by atoms with van der Waals surface area (Å²) < 4.78 is 0. The van der Waals surface area contributed by atoms with Crippen LogP contribution in [0.15, 0.2) is 0 Å². The monoisotopic (exact) mass is 239 g/mol. The van der Waals surface area contributed by atoms with Crippen molar-refractivity contribution in [3.8, 4) is 0 Å². The molecule has 96 valence electrons. The molecular formula is C12H21N3O2. The molecule has 5 nitrogen and oxygen atoms in total. The molecule has 17 heavy (non-hydrogen) atoms. The van der Waals surface area contributed by atoms with E-state index in [0.29, 0.717) is 13.1 Å². The van der Waals surface area contributed by atoms with Gasteiger partial charge in [0.25, 0.3) is 0 Å². The van der Waals surface area contributed by atoms with E-state index in [0.717, 1.165) is 25.8 Å². The highest BCUT2D eigenvalue weighted by molar-refractivity contribution is 5.80. The van der Waals surface area contributed by atoms with Gasteiger partial charge in [-0.25, -0.2) is 4.79 Å². The van der Waals surface area contributed by atoms with Crippen LogP contribution in [0.4, 0.5) is 4.79 Å². The normalized spacial score (nSPS) is 24.3. The predicted octanol–water partition coefficient (Wildman–Crippen LogP) is 0.706. The zero-order valence-electron chi connectivity index (χ0n) is 10.4. The summed E-state index contributed by atoms with van der Waals surface area (Å²) in [4.78, 5) is 25.2. The van der Waals surface area contributed by atoms with Gasteiger partial charge in [-0.05, 0) is 26.2 Å². The minimum absolute atomic E-state index is 0.116. The molecule has 2 rings (SSSR count). The smallest absolute Gasteiger partial charge is 0.315 e. The van der Waals surface area contributed by atoms with Crippen molar-refractivity contribution in [3.63, 3.8) is 0 Å². The first kappa shape index (κ1) is 12.2. The quantitative estimate of drug-likeness (QED) is 0.762. The van der Waals surface area contributed by atoms with Crippen molar-refractivity contribution < 1.29 is 9.59 Å². The van der Waals surface area contributed by atoms with Crippen LogP contribution in [0.2, 0.25) is 0 Å². The molecule has 2 aliphatic rings. The molecule has 0 aromatic heterocycles. The minimum Gasteiger partial charge on any atom is -0.340 e. The molecule has 1 saturated carbocycles. The molecule has 0 aromatic rings. The number of amides is 3. The van der Waals surface area contributed by atoms with Crippen molar-refractivity contribution in [1.82, 2.24) is 15.5 Å². The Morgan fingerprint density at radius 3 is 2.65 bits per heavy atom. The lowest BCUT2D eigenvalue weighted by Gasteiger charge is -2.29. The molecule has 2 fully saturated rings. The molecule has 5 heteroatoms. The average molecular weight is 239 g/mol. The fraction of sp³-hybridized carbons (Fsp3) is 0.833. The van der Waals surface area contributed by atoms with E-state index in [4.69, 9.17) is 0 Å². The van der Waals surface area contributed by atoms with Crippen molar-refractivity contribution in [2.75, 3.05) is 19.6 Å². The first-order valence-corrected chi connectivity index (χ1v) is 6.54. The summed E-state index contributed by atoms with van der Waals surface area (Å²) in [5.74, 6) is 0.551. The van der Waals surface area contributed by atoms with Crippen LogP contribution in [0.25, 0.3) is 0 Å². The number of carbonyl (C=O) groups excluding carboxylic acids is 2. The Kier molecular flexibility index (Phi) is 3.86. The molecule has 1 heterocycles. The molecule has 0 aromatic carbocycles. The standard InChI is InChI=1S/C12H21N3O2/c1-2-13-12(17)14-10-6-7-15(8-10)11(16)9-4-3-5-9/h9-10H,2-8H2,1H3,(H2,13,14,17). The largest absolute Gasteiger partial charge is 0.340 e. The van der Waals surface area contributed by atoms with Gasteiger partial charge in [0.1, 0.15) is 0 Å². The van der Waals surface area contributed by atoms with Crippen molar-refractivity contribution >= 4 is 11.9 Å². The third-order valence-electron chi connectivity index (χ3n) is 3.63. The number of nitrogens with one attached hydrogen (secondary N) is 2. The fourth-order valence-electron chi connectivity index (χ4n) is 2.39. The molecular weight excluding hydrogens is 218 g/mol. The van der Waals surface area contributed by atoms with Crippen LogP contribution in [0.5, 0.6) is 0 Å². The highest BCUT2D eigenvalue weighted by Crippen LogP contribution is 2.29. The van der Waals surface area contributed by atoms with Gasteiger partial charge >= 0.3 is 6.03 Å². The summed E-state index contributed by atoms with van der Waals surface area (Å²) in [6.45, 7) is 3.97. The highest BCUT2D eigenvalue weighted by Gasteiger charge is 2.33. The van der Waals surface area contributed by atoms with Gasteiger partial charge in [0.2, 0.25) is 5.91 Å².